The molecule has 0 saturated carbocycles. The molecule has 0 spiro atoms. The Kier molecular flexibility index (Phi) is 6.40. The van der Waals surface area contributed by atoms with E-state index in [2.05, 4.69) is 10.6 Å². The highest BCUT2D eigenvalue weighted by atomic mass is 35.5. The molecule has 0 aliphatic carbocycles. The summed E-state index contributed by atoms with van der Waals surface area (Å²) in [6, 6.07) is 4.42. The van der Waals surface area contributed by atoms with E-state index in [9.17, 15) is 19.2 Å². The standard InChI is InChI=1S/C16H19ClN4O5/c1-9(14(23)21-7-6-19-16(21)25)26-13(22)8-12(20-15(18)24)10-2-4-11(17)5-3-10/h2-5,9,12H,6-8H2,1H3,(H,19,25)(H3,18,20,24)/t9-,12-/m1/s1. The maximum absolute atomic E-state index is 12.2. The maximum Gasteiger partial charge on any atom is 0.324 e. The summed E-state index contributed by atoms with van der Waals surface area (Å²) in [6.45, 7) is 1.95. The van der Waals surface area contributed by atoms with Gasteiger partial charge in [0.2, 0.25) is 0 Å². The van der Waals surface area contributed by atoms with Gasteiger partial charge in [-0.25, -0.2) is 9.59 Å². The van der Waals surface area contributed by atoms with E-state index in [0.717, 1.165) is 4.90 Å². The van der Waals surface area contributed by atoms with E-state index >= 15 is 0 Å². The number of hydrogen-bond donors (Lipinski definition) is 3. The van der Waals surface area contributed by atoms with Crippen LogP contribution in [0.2, 0.25) is 5.02 Å². The van der Waals surface area contributed by atoms with Gasteiger partial charge in [0.15, 0.2) is 6.10 Å². The van der Waals surface area contributed by atoms with Crippen molar-refractivity contribution in [3.63, 3.8) is 0 Å². The van der Waals surface area contributed by atoms with Crippen LogP contribution >= 0.6 is 11.6 Å². The van der Waals surface area contributed by atoms with Crippen LogP contribution in [0.4, 0.5) is 9.59 Å². The van der Waals surface area contributed by atoms with E-state index in [0.29, 0.717) is 17.1 Å². The van der Waals surface area contributed by atoms with Crippen molar-refractivity contribution in [1.29, 1.82) is 0 Å². The molecule has 1 heterocycles. The zero-order valence-electron chi connectivity index (χ0n) is 14.0. The molecule has 1 aromatic carbocycles. The average molecular weight is 383 g/mol. The lowest BCUT2D eigenvalue weighted by atomic mass is 10.0. The monoisotopic (exact) mass is 382 g/mol. The summed E-state index contributed by atoms with van der Waals surface area (Å²) >= 11 is 5.83. The van der Waals surface area contributed by atoms with Crippen molar-refractivity contribution in [3.8, 4) is 0 Å². The number of rotatable bonds is 6. The molecular formula is C16H19ClN4O5. The number of carbonyl (C=O) groups is 4. The first-order valence-corrected chi connectivity index (χ1v) is 8.26. The molecule has 4 N–H and O–H groups in total. The lowest BCUT2D eigenvalue weighted by molar-refractivity contribution is -0.157. The number of nitrogens with zero attached hydrogens (tertiary/aromatic N) is 1. The number of esters is 1. The Morgan fingerprint density at radius 1 is 1.35 bits per heavy atom. The average Bonchev–Trinajstić information content (AvgIpc) is 2.99. The molecule has 0 aromatic heterocycles. The molecule has 26 heavy (non-hydrogen) atoms. The summed E-state index contributed by atoms with van der Waals surface area (Å²) < 4.78 is 5.10. The highest BCUT2D eigenvalue weighted by molar-refractivity contribution is 6.30. The fourth-order valence-corrected chi connectivity index (χ4v) is 2.61. The number of primary amides is 1. The fraction of sp³-hybridized carbons (Fsp3) is 0.375. The minimum Gasteiger partial charge on any atom is -0.452 e. The van der Waals surface area contributed by atoms with Crippen LogP contribution in [0.15, 0.2) is 24.3 Å². The van der Waals surface area contributed by atoms with Crippen LogP contribution in [0.1, 0.15) is 24.9 Å². The zero-order valence-corrected chi connectivity index (χ0v) is 14.8. The summed E-state index contributed by atoms with van der Waals surface area (Å²) in [5, 5.41) is 5.44. The van der Waals surface area contributed by atoms with Crippen LogP contribution in [0.5, 0.6) is 0 Å². The topological polar surface area (TPSA) is 131 Å². The van der Waals surface area contributed by atoms with Crippen LogP contribution in [0.3, 0.4) is 0 Å². The summed E-state index contributed by atoms with van der Waals surface area (Å²) in [5.41, 5.74) is 5.75. The molecule has 1 saturated heterocycles. The first-order valence-electron chi connectivity index (χ1n) is 7.88. The Hall–Kier alpha value is -2.81. The van der Waals surface area contributed by atoms with E-state index in [-0.39, 0.29) is 13.0 Å². The van der Waals surface area contributed by atoms with Gasteiger partial charge >= 0.3 is 18.0 Å². The largest absolute Gasteiger partial charge is 0.452 e. The summed E-state index contributed by atoms with van der Waals surface area (Å²) in [6.07, 6.45) is -1.38. The Balaban J connectivity index is 1.99. The third-order valence-electron chi connectivity index (χ3n) is 3.74. The van der Waals surface area contributed by atoms with Gasteiger partial charge in [0, 0.05) is 18.1 Å². The molecule has 140 valence electrons. The third kappa shape index (κ3) is 5.09. The predicted molar refractivity (Wildman–Crippen MR) is 92.2 cm³/mol. The van der Waals surface area contributed by atoms with E-state index in [4.69, 9.17) is 22.1 Å². The van der Waals surface area contributed by atoms with Gasteiger partial charge in [-0.1, -0.05) is 23.7 Å². The second-order valence-electron chi connectivity index (χ2n) is 5.67. The van der Waals surface area contributed by atoms with E-state index in [1.54, 1.807) is 24.3 Å². The number of nitrogens with one attached hydrogen (secondary N) is 2. The van der Waals surface area contributed by atoms with Crippen LogP contribution < -0.4 is 16.4 Å². The molecule has 1 aliphatic heterocycles. The Bertz CT molecular complexity index is 709. The van der Waals surface area contributed by atoms with Crippen LogP contribution in [-0.4, -0.2) is 48.0 Å². The van der Waals surface area contributed by atoms with Gasteiger partial charge < -0.3 is 21.1 Å². The summed E-state index contributed by atoms with van der Waals surface area (Å²) in [7, 11) is 0. The zero-order chi connectivity index (χ0) is 19.3. The second-order valence-corrected chi connectivity index (χ2v) is 6.11. The highest BCUT2D eigenvalue weighted by Gasteiger charge is 2.32. The third-order valence-corrected chi connectivity index (χ3v) is 3.99. The molecule has 5 amide bonds. The number of imide groups is 1. The SMILES string of the molecule is C[C@@H](OC(=O)C[C@@H](NC(N)=O)c1ccc(Cl)cc1)C(=O)N1CCNC1=O. The normalized spacial score (nSPS) is 15.8. The first kappa shape index (κ1) is 19.5. The van der Waals surface area contributed by atoms with Crippen molar-refractivity contribution >= 4 is 35.5 Å². The van der Waals surface area contributed by atoms with Crippen LogP contribution in [0.25, 0.3) is 0 Å². The minimum atomic E-state index is -1.13. The number of carbonyl (C=O) groups excluding carboxylic acids is 4. The van der Waals surface area contributed by atoms with Crippen LogP contribution in [0, 0.1) is 0 Å². The van der Waals surface area contributed by atoms with Crippen molar-refractivity contribution in [2.75, 3.05) is 13.1 Å². The van der Waals surface area contributed by atoms with E-state index in [1.165, 1.54) is 6.92 Å². The van der Waals surface area contributed by atoms with E-state index in [1.807, 2.05) is 0 Å². The Morgan fingerprint density at radius 2 is 2.00 bits per heavy atom. The van der Waals surface area contributed by atoms with Crippen molar-refractivity contribution in [3.05, 3.63) is 34.9 Å². The number of hydrogen-bond acceptors (Lipinski definition) is 5. The van der Waals surface area contributed by atoms with Crippen molar-refractivity contribution in [2.45, 2.75) is 25.5 Å². The van der Waals surface area contributed by atoms with Gasteiger partial charge in [-0.15, -0.1) is 0 Å². The number of nitrogens with two attached hydrogens (primary N) is 1. The van der Waals surface area contributed by atoms with Gasteiger partial charge in [-0.2, -0.15) is 0 Å². The van der Waals surface area contributed by atoms with Gasteiger partial charge in [0.1, 0.15) is 0 Å². The quantitative estimate of drug-likeness (QED) is 0.630. The lowest BCUT2D eigenvalue weighted by Crippen LogP contribution is -2.42. The highest BCUT2D eigenvalue weighted by Crippen LogP contribution is 2.20. The Morgan fingerprint density at radius 3 is 2.54 bits per heavy atom. The summed E-state index contributed by atoms with van der Waals surface area (Å²) in [5.74, 6) is -1.33. The molecule has 0 unspecified atom stereocenters. The van der Waals surface area contributed by atoms with E-state index < -0.39 is 36.1 Å². The number of urea groups is 2. The number of halogens is 1. The second kappa shape index (κ2) is 8.52. The predicted octanol–water partition coefficient (Wildman–Crippen LogP) is 0.923. The van der Waals surface area contributed by atoms with Gasteiger partial charge in [-0.05, 0) is 24.6 Å². The maximum atomic E-state index is 12.2. The first-order chi connectivity index (χ1) is 12.3. The van der Waals surface area contributed by atoms with Crippen molar-refractivity contribution in [1.82, 2.24) is 15.5 Å². The molecule has 1 aliphatic rings. The van der Waals surface area contributed by atoms with Crippen LogP contribution in [-0.2, 0) is 14.3 Å². The fourth-order valence-electron chi connectivity index (χ4n) is 2.48. The number of benzene rings is 1. The van der Waals surface area contributed by atoms with Crippen molar-refractivity contribution < 1.29 is 23.9 Å². The molecule has 2 atom stereocenters. The summed E-state index contributed by atoms with van der Waals surface area (Å²) in [4.78, 5) is 48.0. The Labute approximate surface area is 154 Å². The molecule has 9 nitrogen and oxygen atoms in total. The molecule has 1 aromatic rings. The molecule has 0 radical (unpaired) electrons. The molecule has 2 rings (SSSR count). The van der Waals surface area contributed by atoms with Crippen molar-refractivity contribution in [2.24, 2.45) is 5.73 Å². The van der Waals surface area contributed by atoms with Gasteiger partial charge in [0.25, 0.3) is 5.91 Å². The smallest absolute Gasteiger partial charge is 0.324 e. The molecular weight excluding hydrogens is 364 g/mol. The molecule has 0 bridgehead atoms. The minimum absolute atomic E-state index is 0.218. The lowest BCUT2D eigenvalue weighted by Gasteiger charge is -2.21. The number of amides is 5. The molecule has 1 fully saturated rings. The number of ether oxygens (including phenoxy) is 1. The van der Waals surface area contributed by atoms with Gasteiger partial charge in [-0.3, -0.25) is 14.5 Å². The van der Waals surface area contributed by atoms with Gasteiger partial charge in [0.05, 0.1) is 12.5 Å². The molecule has 10 heteroatoms.